The third kappa shape index (κ3) is 4.65. The van der Waals surface area contributed by atoms with Gasteiger partial charge in [-0.25, -0.2) is 4.68 Å². The highest BCUT2D eigenvalue weighted by molar-refractivity contribution is 6.04. The number of carbonyl (C=O) groups excluding carboxylic acids is 1. The number of nitrogens with one attached hydrogen (secondary N) is 1. The number of carbonyl (C=O) groups is 1. The van der Waals surface area contributed by atoms with Crippen LogP contribution in [0.3, 0.4) is 0 Å². The molecule has 0 saturated heterocycles. The Morgan fingerprint density at radius 3 is 2.71 bits per heavy atom. The van der Waals surface area contributed by atoms with E-state index in [0.29, 0.717) is 28.3 Å². The fourth-order valence-corrected chi connectivity index (χ4v) is 4.37. The van der Waals surface area contributed by atoms with Gasteiger partial charge in [-0.1, -0.05) is 0 Å². The molecule has 0 spiro atoms. The van der Waals surface area contributed by atoms with E-state index in [9.17, 15) is 15.1 Å². The molecule has 9 heteroatoms. The van der Waals surface area contributed by atoms with Crippen molar-refractivity contribution in [2.45, 2.75) is 56.6 Å². The number of anilines is 2. The first-order chi connectivity index (χ1) is 16.5. The average Bonchev–Trinajstić information content (AvgIpc) is 3.53. The summed E-state index contributed by atoms with van der Waals surface area (Å²) >= 11 is 0. The number of nitrogens with zero attached hydrogens (tertiary/aromatic N) is 4. The zero-order valence-electron chi connectivity index (χ0n) is 18.8. The molecule has 0 aliphatic heterocycles. The van der Waals surface area contributed by atoms with Gasteiger partial charge in [-0.2, -0.15) is 9.83 Å². The van der Waals surface area contributed by atoms with Gasteiger partial charge in [-0.05, 0) is 62.8 Å². The van der Waals surface area contributed by atoms with Crippen molar-refractivity contribution >= 4 is 23.5 Å². The van der Waals surface area contributed by atoms with Crippen molar-refractivity contribution in [1.82, 2.24) is 9.78 Å². The summed E-state index contributed by atoms with van der Waals surface area (Å²) in [6.07, 6.45) is 9.95. The number of aliphatic imine (C=N–C) groups is 1. The van der Waals surface area contributed by atoms with E-state index in [1.54, 1.807) is 53.6 Å². The molecule has 5 rings (SSSR count). The second-order valence-electron chi connectivity index (χ2n) is 9.05. The molecule has 2 heterocycles. The number of amides is 1. The highest BCUT2D eigenvalue weighted by Gasteiger charge is 2.33. The predicted molar refractivity (Wildman–Crippen MR) is 129 cm³/mol. The van der Waals surface area contributed by atoms with Crippen LogP contribution in [0.1, 0.15) is 66.2 Å². The minimum Gasteiger partial charge on any atom is -0.618 e. The Morgan fingerprint density at radius 2 is 2.00 bits per heavy atom. The second-order valence-corrected chi connectivity index (χ2v) is 9.05. The summed E-state index contributed by atoms with van der Waals surface area (Å²) in [5.41, 5.74) is 9.22. The van der Waals surface area contributed by atoms with E-state index < -0.39 is 5.91 Å². The number of rotatable bonds is 6. The Morgan fingerprint density at radius 1 is 1.21 bits per heavy atom. The van der Waals surface area contributed by atoms with Crippen molar-refractivity contribution in [1.29, 1.82) is 0 Å². The molecule has 0 radical (unpaired) electrons. The van der Waals surface area contributed by atoms with E-state index in [0.717, 1.165) is 43.3 Å². The van der Waals surface area contributed by atoms with Crippen LogP contribution in [0.25, 0.3) is 5.69 Å². The maximum Gasteiger partial charge on any atom is 0.321 e. The van der Waals surface area contributed by atoms with Gasteiger partial charge in [0.05, 0.1) is 23.5 Å². The Labute approximate surface area is 197 Å². The number of hydrogen-bond acceptors (Lipinski definition) is 6. The second kappa shape index (κ2) is 9.26. The van der Waals surface area contributed by atoms with Crippen molar-refractivity contribution < 1.29 is 14.6 Å². The predicted octanol–water partition coefficient (Wildman–Crippen LogP) is 2.94. The molecule has 34 heavy (non-hydrogen) atoms. The van der Waals surface area contributed by atoms with Crippen LogP contribution in [0.5, 0.6) is 0 Å². The van der Waals surface area contributed by atoms with Gasteiger partial charge >= 0.3 is 5.91 Å². The minimum atomic E-state index is -0.500. The van der Waals surface area contributed by atoms with Crippen LogP contribution in [0.4, 0.5) is 11.4 Å². The number of hydrogen-bond donors (Lipinski definition) is 3. The van der Waals surface area contributed by atoms with Crippen LogP contribution in [0.2, 0.25) is 0 Å². The van der Waals surface area contributed by atoms with Crippen molar-refractivity contribution in [2.24, 2.45) is 4.99 Å². The van der Waals surface area contributed by atoms with Gasteiger partial charge in [-0.15, -0.1) is 0 Å². The minimum absolute atomic E-state index is 0.0450. The van der Waals surface area contributed by atoms with E-state index in [1.807, 2.05) is 0 Å². The maximum atomic E-state index is 13.1. The first-order valence-corrected chi connectivity index (χ1v) is 11.7. The van der Waals surface area contributed by atoms with E-state index in [2.05, 4.69) is 15.4 Å². The summed E-state index contributed by atoms with van der Waals surface area (Å²) in [5, 5.41) is 29.7. The van der Waals surface area contributed by atoms with Crippen molar-refractivity contribution in [2.75, 3.05) is 11.1 Å². The quantitative estimate of drug-likeness (QED) is 0.225. The van der Waals surface area contributed by atoms with Gasteiger partial charge < -0.3 is 21.4 Å². The first-order valence-electron chi connectivity index (χ1n) is 11.7. The molecule has 2 fully saturated rings. The summed E-state index contributed by atoms with van der Waals surface area (Å²) in [6.45, 7) is 0. The number of nitrogens with two attached hydrogens (primary N) is 1. The molecule has 9 nitrogen and oxygen atoms in total. The lowest BCUT2D eigenvalue weighted by atomic mass is 9.93. The Hall–Kier alpha value is -3.72. The normalized spacial score (nSPS) is 20.5. The number of aliphatic hydroxyl groups excluding tert-OH is 1. The molecule has 2 aliphatic carbocycles. The molecule has 3 aromatic rings. The fourth-order valence-electron chi connectivity index (χ4n) is 4.37. The van der Waals surface area contributed by atoms with Crippen LogP contribution < -0.4 is 15.8 Å². The third-order valence-electron chi connectivity index (χ3n) is 6.49. The lowest BCUT2D eigenvalue weighted by Crippen LogP contribution is -2.40. The molecule has 2 aromatic heterocycles. The zero-order chi connectivity index (χ0) is 23.7. The lowest BCUT2D eigenvalue weighted by molar-refractivity contribution is -0.616. The summed E-state index contributed by atoms with van der Waals surface area (Å²) in [7, 11) is 0. The van der Waals surface area contributed by atoms with Gasteiger partial charge in [0.25, 0.3) is 5.69 Å². The average molecular weight is 461 g/mol. The highest BCUT2D eigenvalue weighted by atomic mass is 16.5. The summed E-state index contributed by atoms with van der Waals surface area (Å²) < 4.78 is 2.35. The number of aromatic nitrogens is 3. The maximum absolute atomic E-state index is 13.1. The number of pyridine rings is 1. The third-order valence-corrected chi connectivity index (χ3v) is 6.49. The number of nitrogen functional groups attached to an aromatic ring is 1. The van der Waals surface area contributed by atoms with E-state index in [-0.39, 0.29) is 23.8 Å². The molecular formula is C25H28N6O3. The molecule has 0 unspecified atom stereocenters. The molecule has 2 saturated carbocycles. The first kappa shape index (κ1) is 22.1. The molecular weight excluding hydrogens is 432 g/mol. The molecule has 4 N–H and O–H groups in total. The van der Waals surface area contributed by atoms with Crippen LogP contribution >= 0.6 is 0 Å². The fraction of sp³-hybridized carbons (Fsp3) is 0.360. The largest absolute Gasteiger partial charge is 0.618 e. The van der Waals surface area contributed by atoms with Crippen LogP contribution in [0.15, 0.2) is 53.8 Å². The van der Waals surface area contributed by atoms with Gasteiger partial charge in [0.1, 0.15) is 0 Å². The van der Waals surface area contributed by atoms with E-state index >= 15 is 0 Å². The van der Waals surface area contributed by atoms with E-state index in [1.165, 1.54) is 6.07 Å². The Kier molecular flexibility index (Phi) is 6.02. The van der Waals surface area contributed by atoms with Crippen molar-refractivity contribution in [3.05, 3.63) is 71.0 Å². The standard InChI is InChI=1S/C25H28N6O3/c26-20-14-24(30-12-2-11-28-30)21(13-17(20)15-27-18-7-9-19(32)10-8-18)29-25(33)23-4-1-3-22(31(23)34)16-5-6-16/h1-4,11-16,18-19,32H,5-10,26H2,(H,29,33). The highest BCUT2D eigenvalue weighted by Crippen LogP contribution is 2.38. The summed E-state index contributed by atoms with van der Waals surface area (Å²) in [4.78, 5) is 17.8. The van der Waals surface area contributed by atoms with Gasteiger partial charge in [0.2, 0.25) is 0 Å². The molecule has 0 atom stereocenters. The SMILES string of the molecule is Nc1cc(-n2cccn2)c(NC(=O)c2cccc(C3CC3)[n+]2[O-])cc1C=NC1CCC(O)CC1. The Bertz CT molecular complexity index is 1210. The van der Waals surface area contributed by atoms with Crippen molar-refractivity contribution in [3.8, 4) is 5.69 Å². The molecule has 1 amide bonds. The van der Waals surface area contributed by atoms with Gasteiger partial charge in [-0.3, -0.25) is 9.79 Å². The van der Waals surface area contributed by atoms with Crippen molar-refractivity contribution in [3.63, 3.8) is 0 Å². The zero-order valence-corrected chi connectivity index (χ0v) is 18.8. The summed E-state index contributed by atoms with van der Waals surface area (Å²) in [5.74, 6) is -0.273. The lowest BCUT2D eigenvalue weighted by Gasteiger charge is -2.22. The van der Waals surface area contributed by atoms with Gasteiger partial charge in [0, 0.05) is 47.9 Å². The molecule has 176 valence electrons. The Balaban J connectivity index is 1.45. The van der Waals surface area contributed by atoms with Crippen LogP contribution in [-0.2, 0) is 0 Å². The molecule has 1 aromatic carbocycles. The van der Waals surface area contributed by atoms with Crippen LogP contribution in [-0.4, -0.2) is 39.2 Å². The molecule has 0 bridgehead atoms. The topological polar surface area (TPSA) is 132 Å². The summed E-state index contributed by atoms with van der Waals surface area (Å²) in [6, 6.07) is 10.5. The molecule has 2 aliphatic rings. The number of benzene rings is 1. The van der Waals surface area contributed by atoms with Gasteiger partial charge in [0.15, 0.2) is 5.69 Å². The van der Waals surface area contributed by atoms with Crippen LogP contribution in [0, 0.1) is 5.21 Å². The van der Waals surface area contributed by atoms with E-state index in [4.69, 9.17) is 5.73 Å². The number of aliphatic hydroxyl groups is 1. The monoisotopic (exact) mass is 460 g/mol. The smallest absolute Gasteiger partial charge is 0.321 e.